The Hall–Kier alpha value is -1.53. The Morgan fingerprint density at radius 3 is 2.15 bits per heavy atom. The van der Waals surface area contributed by atoms with Gasteiger partial charge in [-0.3, -0.25) is 4.79 Å². The van der Waals surface area contributed by atoms with Gasteiger partial charge < -0.3 is 10.1 Å². The van der Waals surface area contributed by atoms with Gasteiger partial charge in [-0.2, -0.15) is 4.31 Å². The number of benzene rings is 1. The van der Waals surface area contributed by atoms with Crippen molar-refractivity contribution in [2.75, 3.05) is 18.4 Å². The summed E-state index contributed by atoms with van der Waals surface area (Å²) in [4.78, 5) is 13.0. The Bertz CT molecular complexity index is 1080. The standard InChI is InChI=1S/C23H37N3O6S2/c1-16-14-26(15-17(2)32-16)33(28,29)21-8-6-7-20(13-21)24-22(27)18-9-11-19(12-10-18)25-34(30,31)23(3,4)5/h6-8,13,16-19,25H,9-12,14-15H2,1-5H3,(H,24,27). The van der Waals surface area contributed by atoms with E-state index >= 15 is 0 Å². The lowest BCUT2D eigenvalue weighted by Gasteiger charge is -2.34. The maximum Gasteiger partial charge on any atom is 0.243 e. The molecule has 2 atom stereocenters. The van der Waals surface area contributed by atoms with Gasteiger partial charge in [-0.05, 0) is 78.5 Å². The smallest absolute Gasteiger partial charge is 0.243 e. The molecule has 192 valence electrons. The van der Waals surface area contributed by atoms with Crippen molar-refractivity contribution in [3.63, 3.8) is 0 Å². The maximum absolute atomic E-state index is 13.1. The number of rotatable bonds is 6. The second-order valence-corrected chi connectivity index (χ2v) is 14.8. The molecule has 1 saturated carbocycles. The zero-order valence-corrected chi connectivity index (χ0v) is 22.2. The lowest BCUT2D eigenvalue weighted by atomic mass is 9.86. The summed E-state index contributed by atoms with van der Waals surface area (Å²) in [5, 5.41) is 2.85. The van der Waals surface area contributed by atoms with Crippen LogP contribution in [0.4, 0.5) is 5.69 Å². The van der Waals surface area contributed by atoms with Crippen molar-refractivity contribution in [2.24, 2.45) is 5.92 Å². The van der Waals surface area contributed by atoms with Crippen molar-refractivity contribution >= 4 is 31.6 Å². The number of ether oxygens (including phenoxy) is 1. The Morgan fingerprint density at radius 1 is 1.00 bits per heavy atom. The number of hydrogen-bond donors (Lipinski definition) is 2. The van der Waals surface area contributed by atoms with Gasteiger partial charge in [0.1, 0.15) is 0 Å². The molecule has 9 nitrogen and oxygen atoms in total. The van der Waals surface area contributed by atoms with Gasteiger partial charge in [0, 0.05) is 30.7 Å². The first-order chi connectivity index (χ1) is 15.7. The predicted octanol–water partition coefficient (Wildman–Crippen LogP) is 2.70. The van der Waals surface area contributed by atoms with Crippen LogP contribution in [0.1, 0.15) is 60.3 Å². The van der Waals surface area contributed by atoms with Gasteiger partial charge in [-0.1, -0.05) is 6.07 Å². The highest BCUT2D eigenvalue weighted by Gasteiger charge is 2.35. The molecule has 34 heavy (non-hydrogen) atoms. The highest BCUT2D eigenvalue weighted by molar-refractivity contribution is 7.90. The third kappa shape index (κ3) is 6.37. The number of amides is 1. The van der Waals surface area contributed by atoms with Gasteiger partial charge in [0.2, 0.25) is 26.0 Å². The molecule has 2 unspecified atom stereocenters. The van der Waals surface area contributed by atoms with E-state index in [0.717, 1.165) is 0 Å². The summed E-state index contributed by atoms with van der Waals surface area (Å²) in [6.07, 6.45) is 1.90. The summed E-state index contributed by atoms with van der Waals surface area (Å²) in [5.74, 6) is -0.433. The minimum absolute atomic E-state index is 0.131. The number of hydrogen-bond acceptors (Lipinski definition) is 6. The Balaban J connectivity index is 1.61. The van der Waals surface area contributed by atoms with Crippen LogP contribution in [0.3, 0.4) is 0 Å². The van der Waals surface area contributed by atoms with Gasteiger partial charge in [-0.15, -0.1) is 0 Å². The average Bonchev–Trinajstić information content (AvgIpc) is 2.72. The van der Waals surface area contributed by atoms with E-state index < -0.39 is 24.8 Å². The SMILES string of the molecule is CC1CN(S(=O)(=O)c2cccc(NC(=O)C3CCC(NS(=O)(=O)C(C)(C)C)CC3)c2)CC(C)O1. The minimum Gasteiger partial charge on any atom is -0.373 e. The monoisotopic (exact) mass is 515 g/mol. The molecular weight excluding hydrogens is 478 g/mol. The fraction of sp³-hybridized carbons (Fsp3) is 0.696. The molecule has 2 aliphatic rings. The zero-order chi connectivity index (χ0) is 25.3. The molecule has 1 aromatic carbocycles. The fourth-order valence-electron chi connectivity index (χ4n) is 4.32. The van der Waals surface area contributed by atoms with E-state index in [1.54, 1.807) is 32.9 Å². The zero-order valence-electron chi connectivity index (χ0n) is 20.6. The molecule has 1 amide bonds. The number of carbonyl (C=O) groups is 1. The molecule has 1 aromatic rings. The molecule has 0 spiro atoms. The van der Waals surface area contributed by atoms with Gasteiger partial charge in [0.25, 0.3) is 0 Å². The molecule has 11 heteroatoms. The van der Waals surface area contributed by atoms with Crippen LogP contribution in [0.5, 0.6) is 0 Å². The van der Waals surface area contributed by atoms with E-state index in [1.807, 2.05) is 13.8 Å². The van der Waals surface area contributed by atoms with Gasteiger partial charge in [0.15, 0.2) is 0 Å². The molecule has 2 fully saturated rings. The number of carbonyl (C=O) groups excluding carboxylic acids is 1. The van der Waals surface area contributed by atoms with Crippen molar-refractivity contribution in [1.82, 2.24) is 9.03 Å². The molecule has 0 aromatic heterocycles. The van der Waals surface area contributed by atoms with Gasteiger partial charge in [-0.25, -0.2) is 21.6 Å². The van der Waals surface area contributed by atoms with Crippen LogP contribution in [0.25, 0.3) is 0 Å². The quantitative estimate of drug-likeness (QED) is 0.601. The molecule has 1 saturated heterocycles. The van der Waals surface area contributed by atoms with Crippen LogP contribution in [-0.2, 0) is 29.6 Å². The largest absolute Gasteiger partial charge is 0.373 e. The van der Waals surface area contributed by atoms with E-state index in [2.05, 4.69) is 10.0 Å². The van der Waals surface area contributed by atoms with Gasteiger partial charge in [0.05, 0.1) is 21.9 Å². The van der Waals surface area contributed by atoms with E-state index in [0.29, 0.717) is 31.4 Å². The highest BCUT2D eigenvalue weighted by Crippen LogP contribution is 2.28. The Morgan fingerprint density at radius 2 is 1.59 bits per heavy atom. The van der Waals surface area contributed by atoms with Crippen LogP contribution < -0.4 is 10.0 Å². The van der Waals surface area contributed by atoms with Crippen LogP contribution in [0.15, 0.2) is 29.2 Å². The van der Waals surface area contributed by atoms with E-state index in [-0.39, 0.29) is 48.1 Å². The fourth-order valence-corrected chi connectivity index (χ4v) is 6.99. The Labute approximate surface area is 203 Å². The van der Waals surface area contributed by atoms with Crippen LogP contribution in [0.2, 0.25) is 0 Å². The highest BCUT2D eigenvalue weighted by atomic mass is 32.2. The summed E-state index contributed by atoms with van der Waals surface area (Å²) in [5.41, 5.74) is 0.427. The van der Waals surface area contributed by atoms with Crippen LogP contribution in [0, 0.1) is 5.92 Å². The molecule has 0 bridgehead atoms. The first-order valence-electron chi connectivity index (χ1n) is 11.8. The van der Waals surface area contributed by atoms with Crippen molar-refractivity contribution in [2.45, 2.75) is 88.2 Å². The van der Waals surface area contributed by atoms with E-state index in [1.165, 1.54) is 16.4 Å². The minimum atomic E-state index is -3.71. The summed E-state index contributed by atoms with van der Waals surface area (Å²) in [7, 11) is -7.15. The molecule has 0 radical (unpaired) electrons. The van der Waals surface area contributed by atoms with Gasteiger partial charge >= 0.3 is 0 Å². The summed E-state index contributed by atoms with van der Waals surface area (Å²) >= 11 is 0. The molecule has 3 rings (SSSR count). The van der Waals surface area contributed by atoms with Crippen molar-refractivity contribution in [1.29, 1.82) is 0 Å². The summed E-state index contributed by atoms with van der Waals surface area (Å²) in [6.45, 7) is 9.22. The van der Waals surface area contributed by atoms with Crippen molar-refractivity contribution in [3.8, 4) is 0 Å². The average molecular weight is 516 g/mol. The number of nitrogens with one attached hydrogen (secondary N) is 2. The number of morpholine rings is 1. The molecule has 2 N–H and O–H groups in total. The number of anilines is 1. The van der Waals surface area contributed by atoms with Crippen molar-refractivity contribution < 1.29 is 26.4 Å². The predicted molar refractivity (Wildman–Crippen MR) is 131 cm³/mol. The lowest BCUT2D eigenvalue weighted by molar-refractivity contribution is -0.120. The Kier molecular flexibility index (Phi) is 8.13. The van der Waals surface area contributed by atoms with Crippen LogP contribution >= 0.6 is 0 Å². The molecule has 1 aliphatic carbocycles. The second kappa shape index (κ2) is 10.2. The topological polar surface area (TPSA) is 122 Å². The van der Waals surface area contributed by atoms with E-state index in [4.69, 9.17) is 4.74 Å². The molecule has 1 aliphatic heterocycles. The lowest BCUT2D eigenvalue weighted by Crippen LogP contribution is -2.48. The first-order valence-corrected chi connectivity index (χ1v) is 14.7. The summed E-state index contributed by atoms with van der Waals surface area (Å²) < 4.78 is 60.0. The third-order valence-corrected chi connectivity index (χ3v) is 10.4. The van der Waals surface area contributed by atoms with E-state index in [9.17, 15) is 21.6 Å². The first kappa shape index (κ1) is 27.1. The number of sulfonamides is 2. The van der Waals surface area contributed by atoms with Crippen molar-refractivity contribution in [3.05, 3.63) is 24.3 Å². The summed E-state index contributed by atoms with van der Waals surface area (Å²) in [6, 6.07) is 6.13. The number of nitrogens with zero attached hydrogens (tertiary/aromatic N) is 1. The third-order valence-electron chi connectivity index (χ3n) is 6.35. The second-order valence-electron chi connectivity index (χ2n) is 10.4. The molecule has 1 heterocycles. The maximum atomic E-state index is 13.1. The molecular formula is C23H37N3O6S2. The normalized spacial score (nSPS) is 27.3. The van der Waals surface area contributed by atoms with Crippen LogP contribution in [-0.4, -0.2) is 63.1 Å².